The van der Waals surface area contributed by atoms with E-state index < -0.39 is 5.82 Å². The summed E-state index contributed by atoms with van der Waals surface area (Å²) in [5.41, 5.74) is 0. The summed E-state index contributed by atoms with van der Waals surface area (Å²) in [7, 11) is 0. The molecule has 0 amide bonds. The van der Waals surface area contributed by atoms with Gasteiger partial charge in [-0.05, 0) is 0 Å². The summed E-state index contributed by atoms with van der Waals surface area (Å²) in [6.45, 7) is 0.339. The number of nitrogens with zero attached hydrogens (tertiary/aromatic N) is 2. The third-order valence-electron chi connectivity index (χ3n) is 0.969. The summed E-state index contributed by atoms with van der Waals surface area (Å²) in [5, 5.41) is 2.70. The van der Waals surface area contributed by atoms with Crippen molar-refractivity contribution in [2.75, 3.05) is 11.9 Å². The van der Waals surface area contributed by atoms with Crippen LogP contribution in [-0.2, 0) is 0 Å². The van der Waals surface area contributed by atoms with E-state index in [-0.39, 0.29) is 0 Å². The lowest BCUT2D eigenvalue weighted by Crippen LogP contribution is -2.02. The molecule has 1 rings (SSSR count). The summed E-state index contributed by atoms with van der Waals surface area (Å²) in [6.07, 6.45) is 7.11. The van der Waals surface area contributed by atoms with Gasteiger partial charge >= 0.3 is 0 Å². The van der Waals surface area contributed by atoms with E-state index in [0.717, 1.165) is 12.4 Å². The van der Waals surface area contributed by atoms with Crippen molar-refractivity contribution in [3.8, 4) is 12.3 Å². The van der Waals surface area contributed by atoms with Gasteiger partial charge in [0.1, 0.15) is 0 Å². The van der Waals surface area contributed by atoms with Crippen molar-refractivity contribution in [3.05, 3.63) is 18.2 Å². The van der Waals surface area contributed by atoms with Crippen LogP contribution in [-0.4, -0.2) is 16.5 Å². The van der Waals surface area contributed by atoms with Crippen molar-refractivity contribution in [1.29, 1.82) is 0 Å². The van der Waals surface area contributed by atoms with Crippen molar-refractivity contribution >= 4 is 5.95 Å². The minimum absolute atomic E-state index is 0.337. The molecule has 0 atom stereocenters. The van der Waals surface area contributed by atoms with E-state index in [0.29, 0.717) is 12.5 Å². The number of hydrogen-bond donors (Lipinski definition) is 1. The molecule has 1 aromatic heterocycles. The van der Waals surface area contributed by atoms with Crippen LogP contribution in [0.2, 0.25) is 0 Å². The fraction of sp³-hybridized carbons (Fsp3) is 0.143. The molecule has 0 saturated carbocycles. The van der Waals surface area contributed by atoms with Crippen molar-refractivity contribution < 1.29 is 4.39 Å². The van der Waals surface area contributed by atoms with E-state index in [4.69, 9.17) is 6.42 Å². The van der Waals surface area contributed by atoms with Crippen LogP contribution in [0.3, 0.4) is 0 Å². The molecule has 1 N–H and O–H groups in total. The molecule has 4 heteroatoms. The lowest BCUT2D eigenvalue weighted by Gasteiger charge is -1.97. The molecule has 0 saturated heterocycles. The van der Waals surface area contributed by atoms with Gasteiger partial charge in [-0.15, -0.1) is 6.42 Å². The van der Waals surface area contributed by atoms with Crippen LogP contribution in [0.4, 0.5) is 10.3 Å². The van der Waals surface area contributed by atoms with Crippen LogP contribution in [0.25, 0.3) is 0 Å². The van der Waals surface area contributed by atoms with Gasteiger partial charge in [0, 0.05) is 0 Å². The summed E-state index contributed by atoms with van der Waals surface area (Å²) >= 11 is 0. The number of halogens is 1. The Kier molecular flexibility index (Phi) is 2.39. The number of nitrogens with one attached hydrogen (secondary N) is 1. The van der Waals surface area contributed by atoms with E-state index >= 15 is 0 Å². The molecule has 0 spiro atoms. The van der Waals surface area contributed by atoms with Crippen molar-refractivity contribution in [1.82, 2.24) is 9.97 Å². The molecule has 0 radical (unpaired) electrons. The number of rotatable bonds is 2. The van der Waals surface area contributed by atoms with Gasteiger partial charge in [-0.3, -0.25) is 0 Å². The molecular formula is C7H6FN3. The molecule has 11 heavy (non-hydrogen) atoms. The Hall–Kier alpha value is -1.63. The predicted molar refractivity (Wildman–Crippen MR) is 39.3 cm³/mol. The molecular weight excluding hydrogens is 145 g/mol. The Bertz CT molecular complexity index is 262. The van der Waals surface area contributed by atoms with Crippen molar-refractivity contribution in [2.45, 2.75) is 0 Å². The minimum Gasteiger partial charge on any atom is -0.343 e. The zero-order chi connectivity index (χ0) is 8.10. The van der Waals surface area contributed by atoms with E-state index in [9.17, 15) is 4.39 Å². The average molecular weight is 151 g/mol. The lowest BCUT2D eigenvalue weighted by atomic mass is 10.6. The monoisotopic (exact) mass is 151 g/mol. The van der Waals surface area contributed by atoms with Gasteiger partial charge in [0.2, 0.25) is 5.95 Å². The Labute approximate surface area is 63.7 Å². The van der Waals surface area contributed by atoms with Crippen LogP contribution in [0, 0.1) is 18.2 Å². The van der Waals surface area contributed by atoms with Crippen molar-refractivity contribution in [2.24, 2.45) is 0 Å². The zero-order valence-corrected chi connectivity index (χ0v) is 5.71. The minimum atomic E-state index is -0.462. The molecule has 56 valence electrons. The van der Waals surface area contributed by atoms with Crippen LogP contribution in [0.1, 0.15) is 0 Å². The molecule has 3 nitrogen and oxygen atoms in total. The number of terminal acetylenes is 1. The van der Waals surface area contributed by atoms with E-state index in [1.165, 1.54) is 0 Å². The van der Waals surface area contributed by atoms with Crippen LogP contribution in [0.5, 0.6) is 0 Å². The van der Waals surface area contributed by atoms with Gasteiger partial charge in [0.25, 0.3) is 0 Å². The second-order valence-corrected chi connectivity index (χ2v) is 1.78. The second kappa shape index (κ2) is 3.52. The van der Waals surface area contributed by atoms with Gasteiger partial charge in [-0.1, -0.05) is 5.92 Å². The largest absolute Gasteiger partial charge is 0.343 e. The molecule has 0 fully saturated rings. The SMILES string of the molecule is C#CCNc1ncc(F)cn1. The fourth-order valence-corrected chi connectivity index (χ4v) is 0.534. The summed E-state index contributed by atoms with van der Waals surface area (Å²) < 4.78 is 12.2. The van der Waals surface area contributed by atoms with Gasteiger partial charge in [-0.2, -0.15) is 0 Å². The molecule has 1 aromatic rings. The molecule has 1 heterocycles. The topological polar surface area (TPSA) is 37.8 Å². The zero-order valence-electron chi connectivity index (χ0n) is 5.71. The third-order valence-corrected chi connectivity index (χ3v) is 0.969. The van der Waals surface area contributed by atoms with Gasteiger partial charge in [0.15, 0.2) is 5.82 Å². The summed E-state index contributed by atoms with van der Waals surface area (Å²) in [5.74, 6) is 2.22. The predicted octanol–water partition coefficient (Wildman–Crippen LogP) is 0.661. The average Bonchev–Trinajstić information content (AvgIpc) is 2.04. The molecule has 0 aliphatic rings. The maximum absolute atomic E-state index is 12.2. The third kappa shape index (κ3) is 2.22. The van der Waals surface area contributed by atoms with Gasteiger partial charge < -0.3 is 5.32 Å². The Balaban J connectivity index is 2.60. The molecule has 0 unspecified atom stereocenters. The molecule has 0 aromatic carbocycles. The highest BCUT2D eigenvalue weighted by Gasteiger charge is 1.92. The molecule has 0 aliphatic heterocycles. The van der Waals surface area contributed by atoms with E-state index in [2.05, 4.69) is 21.2 Å². The molecule has 0 aliphatic carbocycles. The first-order chi connectivity index (χ1) is 5.33. The second-order valence-electron chi connectivity index (χ2n) is 1.78. The smallest absolute Gasteiger partial charge is 0.223 e. The van der Waals surface area contributed by atoms with Gasteiger partial charge in [-0.25, -0.2) is 14.4 Å². The van der Waals surface area contributed by atoms with E-state index in [1.54, 1.807) is 0 Å². The highest BCUT2D eigenvalue weighted by atomic mass is 19.1. The molecule has 0 bridgehead atoms. The first-order valence-corrected chi connectivity index (χ1v) is 2.98. The number of aromatic nitrogens is 2. The maximum Gasteiger partial charge on any atom is 0.223 e. The van der Waals surface area contributed by atoms with Crippen LogP contribution < -0.4 is 5.32 Å². The summed E-state index contributed by atoms with van der Waals surface area (Å²) in [6, 6.07) is 0. The highest BCUT2D eigenvalue weighted by Crippen LogP contribution is 1.96. The first-order valence-electron chi connectivity index (χ1n) is 2.98. The lowest BCUT2D eigenvalue weighted by molar-refractivity contribution is 0.614. The fourth-order valence-electron chi connectivity index (χ4n) is 0.534. The maximum atomic E-state index is 12.2. The summed E-state index contributed by atoms with van der Waals surface area (Å²) in [4.78, 5) is 7.25. The van der Waals surface area contributed by atoms with Crippen molar-refractivity contribution in [3.63, 3.8) is 0 Å². The Morgan fingerprint density at radius 2 is 2.18 bits per heavy atom. The van der Waals surface area contributed by atoms with E-state index in [1.807, 2.05) is 0 Å². The van der Waals surface area contributed by atoms with Crippen LogP contribution >= 0.6 is 0 Å². The quantitative estimate of drug-likeness (QED) is 0.631. The first kappa shape index (κ1) is 7.48. The van der Waals surface area contributed by atoms with Crippen LogP contribution in [0.15, 0.2) is 12.4 Å². The Morgan fingerprint density at radius 3 is 2.73 bits per heavy atom. The van der Waals surface area contributed by atoms with Gasteiger partial charge in [0.05, 0.1) is 18.9 Å². The standard InChI is InChI=1S/C7H6FN3/c1-2-3-9-7-10-4-6(8)5-11-7/h1,4-5H,3H2,(H,9,10,11). The normalized spacial score (nSPS) is 8.73. The highest BCUT2D eigenvalue weighted by molar-refractivity contribution is 5.24. The Morgan fingerprint density at radius 1 is 1.55 bits per heavy atom. The number of hydrogen-bond acceptors (Lipinski definition) is 3. The number of anilines is 1.